The highest BCUT2D eigenvalue weighted by molar-refractivity contribution is 7.99. The number of halogens is 3. The number of thioether (sulfide) groups is 1. The highest BCUT2D eigenvalue weighted by atomic mass is 32.2. The van der Waals surface area contributed by atoms with Crippen LogP contribution in [0.3, 0.4) is 0 Å². The number of rotatable bonds is 5. The van der Waals surface area contributed by atoms with E-state index in [1.807, 2.05) is 6.92 Å². The van der Waals surface area contributed by atoms with Crippen molar-refractivity contribution in [1.82, 2.24) is 19.6 Å². The number of nitriles is 1. The van der Waals surface area contributed by atoms with Crippen molar-refractivity contribution >= 4 is 17.4 Å². The van der Waals surface area contributed by atoms with Gasteiger partial charge in [0.2, 0.25) is 0 Å². The van der Waals surface area contributed by atoms with Crippen LogP contribution in [0.25, 0.3) is 17.0 Å². The van der Waals surface area contributed by atoms with Crippen LogP contribution in [0, 0.1) is 11.3 Å². The Kier molecular flexibility index (Phi) is 5.21. The Labute approximate surface area is 163 Å². The monoisotopic (exact) mass is 407 g/mol. The van der Waals surface area contributed by atoms with Gasteiger partial charge >= 0.3 is 6.18 Å². The number of pyridine rings is 1. The first-order valence-electron chi connectivity index (χ1n) is 8.29. The molecule has 0 aliphatic heterocycles. The number of aromatic nitrogens is 4. The zero-order valence-corrected chi connectivity index (χ0v) is 16.1. The summed E-state index contributed by atoms with van der Waals surface area (Å²) in [6.45, 7) is 5.24. The van der Waals surface area contributed by atoms with Gasteiger partial charge < -0.3 is 4.74 Å². The summed E-state index contributed by atoms with van der Waals surface area (Å²) in [6.07, 6.45) is -0.743. The Morgan fingerprint density at radius 2 is 2.00 bits per heavy atom. The van der Waals surface area contributed by atoms with E-state index in [2.05, 4.69) is 21.1 Å². The first-order chi connectivity index (χ1) is 13.1. The topological polar surface area (TPSA) is 76.1 Å². The first kappa shape index (κ1) is 19.9. The lowest BCUT2D eigenvalue weighted by molar-refractivity contribution is -0.137. The highest BCUT2D eigenvalue weighted by Crippen LogP contribution is 2.34. The van der Waals surface area contributed by atoms with Gasteiger partial charge in [0.15, 0.2) is 11.2 Å². The largest absolute Gasteiger partial charge is 0.471 e. The van der Waals surface area contributed by atoms with E-state index in [1.165, 1.54) is 28.7 Å². The van der Waals surface area contributed by atoms with Crippen molar-refractivity contribution in [2.24, 2.45) is 0 Å². The molecule has 0 bridgehead atoms. The third-order valence-corrected chi connectivity index (χ3v) is 4.57. The van der Waals surface area contributed by atoms with E-state index in [-0.39, 0.29) is 5.65 Å². The molecule has 0 radical (unpaired) electrons. The van der Waals surface area contributed by atoms with Crippen LogP contribution in [0.15, 0.2) is 35.6 Å². The Bertz CT molecular complexity index is 1060. The fourth-order valence-corrected chi connectivity index (χ4v) is 3.21. The second-order valence-electron chi connectivity index (χ2n) is 6.35. The van der Waals surface area contributed by atoms with E-state index < -0.39 is 17.3 Å². The molecule has 3 rings (SSSR count). The van der Waals surface area contributed by atoms with Gasteiger partial charge in [-0.15, -0.1) is 11.8 Å². The van der Waals surface area contributed by atoms with Crippen molar-refractivity contribution in [3.05, 3.63) is 36.3 Å². The van der Waals surface area contributed by atoms with E-state index in [0.29, 0.717) is 17.1 Å². The normalized spacial score (nSPS) is 12.2. The van der Waals surface area contributed by atoms with Gasteiger partial charge in [-0.25, -0.2) is 14.5 Å². The maximum absolute atomic E-state index is 12.9. The van der Waals surface area contributed by atoms with Gasteiger partial charge in [-0.1, -0.05) is 6.92 Å². The molecular formula is C18H16F3N5OS. The molecule has 3 aromatic heterocycles. The summed E-state index contributed by atoms with van der Waals surface area (Å²) in [5, 5.41) is 12.9. The van der Waals surface area contributed by atoms with Crippen molar-refractivity contribution in [2.75, 3.05) is 5.75 Å². The summed E-state index contributed by atoms with van der Waals surface area (Å²) in [7, 11) is 0. The molecule has 0 saturated heterocycles. The second kappa shape index (κ2) is 7.31. The van der Waals surface area contributed by atoms with Gasteiger partial charge in [-0.2, -0.15) is 23.5 Å². The number of ether oxygens (including phenoxy) is 1. The van der Waals surface area contributed by atoms with E-state index in [0.717, 1.165) is 22.9 Å². The summed E-state index contributed by atoms with van der Waals surface area (Å²) < 4.78 is 45.6. The molecule has 0 spiro atoms. The van der Waals surface area contributed by atoms with Crippen LogP contribution in [0.5, 0.6) is 5.75 Å². The zero-order valence-electron chi connectivity index (χ0n) is 15.3. The summed E-state index contributed by atoms with van der Waals surface area (Å²) in [6, 6.07) is 4.73. The maximum atomic E-state index is 12.9. The number of hydrogen-bond acceptors (Lipinski definition) is 6. The lowest BCUT2D eigenvalue weighted by Crippen LogP contribution is -2.25. The van der Waals surface area contributed by atoms with Crippen LogP contribution in [-0.2, 0) is 6.18 Å². The minimum atomic E-state index is -4.49. The van der Waals surface area contributed by atoms with E-state index in [1.54, 1.807) is 19.9 Å². The van der Waals surface area contributed by atoms with Crippen molar-refractivity contribution in [2.45, 2.75) is 37.4 Å². The van der Waals surface area contributed by atoms with Crippen LogP contribution in [0.2, 0.25) is 0 Å². The predicted molar refractivity (Wildman–Crippen MR) is 97.9 cm³/mol. The van der Waals surface area contributed by atoms with Gasteiger partial charge in [-0.05, 0) is 31.7 Å². The van der Waals surface area contributed by atoms with Crippen molar-refractivity contribution in [3.63, 3.8) is 0 Å². The molecule has 3 aromatic rings. The predicted octanol–water partition coefficient (Wildman–Crippen LogP) is 4.60. The van der Waals surface area contributed by atoms with E-state index >= 15 is 0 Å². The van der Waals surface area contributed by atoms with Gasteiger partial charge in [0.05, 0.1) is 24.2 Å². The molecule has 0 atom stereocenters. The number of imidazole rings is 1. The number of hydrogen-bond donors (Lipinski definition) is 0. The molecule has 0 saturated carbocycles. The number of nitrogens with zero attached hydrogens (tertiary/aromatic N) is 5. The fourth-order valence-electron chi connectivity index (χ4n) is 2.40. The van der Waals surface area contributed by atoms with E-state index in [9.17, 15) is 13.2 Å². The molecule has 0 amide bonds. The molecule has 10 heteroatoms. The van der Waals surface area contributed by atoms with Crippen LogP contribution in [-0.4, -0.2) is 30.9 Å². The van der Waals surface area contributed by atoms with Crippen LogP contribution < -0.4 is 4.74 Å². The maximum Gasteiger partial charge on any atom is 0.418 e. The fraction of sp³-hybridized carbons (Fsp3) is 0.333. The third kappa shape index (κ3) is 4.20. The van der Waals surface area contributed by atoms with E-state index in [4.69, 9.17) is 10.00 Å². The SMILES string of the molecule is CCSc1cc(OC(C)(C)C#N)cnc1-c1cn2ncc(C(F)(F)F)cc2n1. The minimum absolute atomic E-state index is 0.0741. The van der Waals surface area contributed by atoms with Crippen LogP contribution in [0.4, 0.5) is 13.2 Å². The van der Waals surface area contributed by atoms with Crippen molar-refractivity contribution in [1.29, 1.82) is 5.26 Å². The Morgan fingerprint density at radius 1 is 1.25 bits per heavy atom. The molecule has 146 valence electrons. The van der Waals surface area contributed by atoms with Crippen molar-refractivity contribution < 1.29 is 17.9 Å². The molecule has 0 N–H and O–H groups in total. The Hall–Kier alpha value is -2.80. The minimum Gasteiger partial charge on any atom is -0.471 e. The quantitative estimate of drug-likeness (QED) is 0.575. The Morgan fingerprint density at radius 3 is 2.64 bits per heavy atom. The molecule has 3 heterocycles. The molecule has 28 heavy (non-hydrogen) atoms. The number of alkyl halides is 3. The Balaban J connectivity index is 2.03. The zero-order chi connectivity index (χ0) is 20.5. The van der Waals surface area contributed by atoms with Gasteiger partial charge in [-0.3, -0.25) is 0 Å². The standard InChI is InChI=1S/C18H16F3N5OS/c1-4-28-14-6-12(27-17(2,3)10-22)8-23-16(14)13-9-26-15(25-13)5-11(7-24-26)18(19,20)21/h5-9H,4H2,1-3H3. The summed E-state index contributed by atoms with van der Waals surface area (Å²) >= 11 is 1.49. The highest BCUT2D eigenvalue weighted by Gasteiger charge is 2.31. The smallest absolute Gasteiger partial charge is 0.418 e. The lowest BCUT2D eigenvalue weighted by atomic mass is 10.2. The molecule has 0 fully saturated rings. The van der Waals surface area contributed by atoms with Gasteiger partial charge in [0.1, 0.15) is 23.2 Å². The van der Waals surface area contributed by atoms with Crippen LogP contribution >= 0.6 is 11.8 Å². The van der Waals surface area contributed by atoms with Gasteiger partial charge in [0, 0.05) is 4.90 Å². The lowest BCUT2D eigenvalue weighted by Gasteiger charge is -2.18. The molecular weight excluding hydrogens is 391 g/mol. The molecule has 0 aliphatic carbocycles. The first-order valence-corrected chi connectivity index (χ1v) is 9.27. The molecule has 0 aliphatic rings. The summed E-state index contributed by atoms with van der Waals surface area (Å²) in [4.78, 5) is 9.37. The summed E-state index contributed by atoms with van der Waals surface area (Å²) in [5.74, 6) is 1.16. The van der Waals surface area contributed by atoms with Crippen LogP contribution in [0.1, 0.15) is 26.3 Å². The summed E-state index contributed by atoms with van der Waals surface area (Å²) in [5.41, 5.74) is -0.902. The molecule has 6 nitrogen and oxygen atoms in total. The average molecular weight is 407 g/mol. The number of fused-ring (bicyclic) bond motifs is 1. The average Bonchev–Trinajstić information content (AvgIpc) is 3.04. The second-order valence-corrected chi connectivity index (χ2v) is 7.65. The molecule has 0 unspecified atom stereocenters. The third-order valence-electron chi connectivity index (χ3n) is 3.66. The molecule has 0 aromatic carbocycles. The van der Waals surface area contributed by atoms with Crippen molar-refractivity contribution in [3.8, 4) is 23.2 Å². The van der Waals surface area contributed by atoms with Gasteiger partial charge in [0.25, 0.3) is 0 Å².